The fourth-order valence-corrected chi connectivity index (χ4v) is 2.49. The van der Waals surface area contributed by atoms with Gasteiger partial charge in [-0.1, -0.05) is 22.9 Å². The highest BCUT2D eigenvalue weighted by Crippen LogP contribution is 2.31. The van der Waals surface area contributed by atoms with Gasteiger partial charge in [-0.2, -0.15) is 0 Å². The van der Waals surface area contributed by atoms with Gasteiger partial charge in [0.25, 0.3) is 0 Å². The summed E-state index contributed by atoms with van der Waals surface area (Å²) in [6.07, 6.45) is 0.940. The number of halogens is 1. The molecule has 2 aromatic rings. The van der Waals surface area contributed by atoms with Gasteiger partial charge in [-0.25, -0.2) is 0 Å². The molecule has 112 valence electrons. The van der Waals surface area contributed by atoms with Gasteiger partial charge in [0.05, 0.1) is 17.4 Å². The van der Waals surface area contributed by atoms with Crippen LogP contribution in [0.4, 0.5) is 5.69 Å². The van der Waals surface area contributed by atoms with Gasteiger partial charge in [-0.15, -0.1) is 10.2 Å². The maximum Gasteiger partial charge on any atom is 0.310 e. The van der Waals surface area contributed by atoms with Gasteiger partial charge in [0, 0.05) is 18.2 Å². The predicted molar refractivity (Wildman–Crippen MR) is 81.6 cm³/mol. The Hall–Kier alpha value is -1.96. The van der Waals surface area contributed by atoms with Crippen molar-refractivity contribution in [2.75, 3.05) is 7.11 Å². The van der Waals surface area contributed by atoms with Crippen molar-refractivity contribution in [3.05, 3.63) is 34.1 Å². The normalized spacial score (nSPS) is 10.6. The zero-order valence-corrected chi connectivity index (χ0v) is 13.3. The molecule has 7 nitrogen and oxygen atoms in total. The molecule has 21 heavy (non-hydrogen) atoms. The number of benzene rings is 1. The van der Waals surface area contributed by atoms with E-state index in [1.165, 1.54) is 13.2 Å². The minimum atomic E-state index is -0.469. The van der Waals surface area contributed by atoms with E-state index in [2.05, 4.69) is 33.1 Å². The van der Waals surface area contributed by atoms with E-state index in [-0.39, 0.29) is 11.4 Å². The minimum Gasteiger partial charge on any atom is -0.490 e. The Morgan fingerprint density at radius 3 is 2.76 bits per heavy atom. The standard InChI is InChI=1S/C13H15BrN4O3/c1-3-6-17-12(8-14)15-16-13(17)9-4-5-10(18(19)20)11(7-9)21-2/h4-5,7H,3,6,8H2,1-2H3. The number of hydrogen-bond donors (Lipinski definition) is 0. The number of rotatable bonds is 6. The van der Waals surface area contributed by atoms with Crippen LogP contribution in [0, 0.1) is 10.1 Å². The van der Waals surface area contributed by atoms with Crippen molar-refractivity contribution in [3.63, 3.8) is 0 Å². The predicted octanol–water partition coefficient (Wildman–Crippen LogP) is 3.17. The molecule has 0 N–H and O–H groups in total. The summed E-state index contributed by atoms with van der Waals surface area (Å²) in [5.74, 6) is 1.72. The molecular formula is C13H15BrN4O3. The maximum absolute atomic E-state index is 10.9. The lowest BCUT2D eigenvalue weighted by molar-refractivity contribution is -0.385. The van der Waals surface area contributed by atoms with E-state index in [4.69, 9.17) is 4.74 Å². The smallest absolute Gasteiger partial charge is 0.310 e. The van der Waals surface area contributed by atoms with E-state index in [0.29, 0.717) is 11.2 Å². The summed E-state index contributed by atoms with van der Waals surface area (Å²) < 4.78 is 7.09. The number of hydrogen-bond acceptors (Lipinski definition) is 5. The van der Waals surface area contributed by atoms with E-state index in [0.717, 1.165) is 24.4 Å². The van der Waals surface area contributed by atoms with Gasteiger partial charge in [-0.05, 0) is 18.6 Å². The van der Waals surface area contributed by atoms with Crippen molar-refractivity contribution in [1.29, 1.82) is 0 Å². The monoisotopic (exact) mass is 354 g/mol. The summed E-state index contributed by atoms with van der Waals surface area (Å²) in [7, 11) is 1.41. The van der Waals surface area contributed by atoms with Crippen LogP contribution in [0.15, 0.2) is 18.2 Å². The summed E-state index contributed by atoms with van der Waals surface area (Å²) in [4.78, 5) is 10.5. The number of alkyl halides is 1. The lowest BCUT2D eigenvalue weighted by Crippen LogP contribution is -2.04. The summed E-state index contributed by atoms with van der Waals surface area (Å²) in [6.45, 7) is 2.85. The molecule has 0 aliphatic heterocycles. The molecule has 0 saturated heterocycles. The quantitative estimate of drug-likeness (QED) is 0.452. The lowest BCUT2D eigenvalue weighted by Gasteiger charge is -2.09. The molecular weight excluding hydrogens is 340 g/mol. The topological polar surface area (TPSA) is 83.1 Å². The molecule has 1 aromatic heterocycles. The summed E-state index contributed by atoms with van der Waals surface area (Å²) in [5, 5.41) is 19.9. The summed E-state index contributed by atoms with van der Waals surface area (Å²) in [5.41, 5.74) is 0.675. The molecule has 0 spiro atoms. The van der Waals surface area contributed by atoms with E-state index in [1.54, 1.807) is 12.1 Å². The molecule has 0 radical (unpaired) electrons. The molecule has 8 heteroatoms. The molecule has 1 aromatic carbocycles. The van der Waals surface area contributed by atoms with Gasteiger partial charge >= 0.3 is 5.69 Å². The van der Waals surface area contributed by atoms with Crippen molar-refractivity contribution in [1.82, 2.24) is 14.8 Å². The number of nitro groups is 1. The Bertz CT molecular complexity index is 657. The first-order valence-electron chi connectivity index (χ1n) is 6.43. The van der Waals surface area contributed by atoms with Crippen molar-refractivity contribution < 1.29 is 9.66 Å². The minimum absolute atomic E-state index is 0.0662. The Morgan fingerprint density at radius 2 is 2.19 bits per heavy atom. The average molecular weight is 355 g/mol. The fourth-order valence-electron chi connectivity index (χ4n) is 2.07. The van der Waals surface area contributed by atoms with Crippen LogP contribution in [0.2, 0.25) is 0 Å². The zero-order valence-electron chi connectivity index (χ0n) is 11.7. The molecule has 1 heterocycles. The first kappa shape index (κ1) is 15.4. The molecule has 0 aliphatic rings. The first-order valence-corrected chi connectivity index (χ1v) is 7.55. The Balaban J connectivity index is 2.52. The summed E-state index contributed by atoms with van der Waals surface area (Å²) >= 11 is 3.39. The van der Waals surface area contributed by atoms with E-state index in [1.807, 2.05) is 4.57 Å². The van der Waals surface area contributed by atoms with Crippen LogP contribution in [-0.4, -0.2) is 26.8 Å². The van der Waals surface area contributed by atoms with Crippen molar-refractivity contribution in [2.45, 2.75) is 25.2 Å². The second-order valence-corrected chi connectivity index (χ2v) is 4.93. The van der Waals surface area contributed by atoms with Crippen LogP contribution in [0.3, 0.4) is 0 Å². The van der Waals surface area contributed by atoms with Crippen molar-refractivity contribution in [3.8, 4) is 17.1 Å². The number of ether oxygens (including phenoxy) is 1. The molecule has 0 unspecified atom stereocenters. The van der Waals surface area contributed by atoms with Crippen LogP contribution in [-0.2, 0) is 11.9 Å². The molecule has 0 aliphatic carbocycles. The highest BCUT2D eigenvalue weighted by molar-refractivity contribution is 9.08. The second-order valence-electron chi connectivity index (χ2n) is 4.37. The van der Waals surface area contributed by atoms with Gasteiger partial charge in [0.2, 0.25) is 0 Å². The van der Waals surface area contributed by atoms with Crippen LogP contribution < -0.4 is 4.74 Å². The molecule has 0 fully saturated rings. The van der Waals surface area contributed by atoms with Crippen LogP contribution >= 0.6 is 15.9 Å². The van der Waals surface area contributed by atoms with Crippen molar-refractivity contribution in [2.24, 2.45) is 0 Å². The lowest BCUT2D eigenvalue weighted by atomic mass is 10.1. The molecule has 0 amide bonds. The summed E-state index contributed by atoms with van der Waals surface area (Å²) in [6, 6.07) is 4.70. The Labute approximate surface area is 130 Å². The molecule has 2 rings (SSSR count). The largest absolute Gasteiger partial charge is 0.490 e. The third kappa shape index (κ3) is 3.05. The van der Waals surface area contributed by atoms with Crippen molar-refractivity contribution >= 4 is 21.6 Å². The molecule has 0 bridgehead atoms. The maximum atomic E-state index is 10.9. The SMILES string of the molecule is CCCn1c(CBr)nnc1-c1ccc([N+](=O)[O-])c(OC)c1. The van der Waals surface area contributed by atoms with Gasteiger partial charge in [0.1, 0.15) is 5.82 Å². The van der Waals surface area contributed by atoms with E-state index in [9.17, 15) is 10.1 Å². The van der Waals surface area contributed by atoms with E-state index < -0.39 is 4.92 Å². The number of nitrogens with zero attached hydrogens (tertiary/aromatic N) is 4. The fraction of sp³-hybridized carbons (Fsp3) is 0.385. The zero-order chi connectivity index (χ0) is 15.4. The average Bonchev–Trinajstić information content (AvgIpc) is 2.89. The van der Waals surface area contributed by atoms with Crippen LogP contribution in [0.1, 0.15) is 19.2 Å². The number of methoxy groups -OCH3 is 1. The number of nitro benzene ring substituents is 1. The first-order chi connectivity index (χ1) is 10.1. The van der Waals surface area contributed by atoms with Gasteiger partial charge in [0.15, 0.2) is 11.6 Å². The van der Waals surface area contributed by atoms with E-state index >= 15 is 0 Å². The van der Waals surface area contributed by atoms with Gasteiger partial charge < -0.3 is 9.30 Å². The Kier molecular flexibility index (Phi) is 4.89. The van der Waals surface area contributed by atoms with Crippen LogP contribution in [0.5, 0.6) is 5.75 Å². The van der Waals surface area contributed by atoms with Gasteiger partial charge in [-0.3, -0.25) is 10.1 Å². The third-order valence-corrected chi connectivity index (χ3v) is 3.53. The highest BCUT2D eigenvalue weighted by atomic mass is 79.9. The third-order valence-electron chi connectivity index (χ3n) is 3.03. The highest BCUT2D eigenvalue weighted by Gasteiger charge is 2.18. The van der Waals surface area contributed by atoms with Crippen LogP contribution in [0.25, 0.3) is 11.4 Å². The Morgan fingerprint density at radius 1 is 1.43 bits per heavy atom. The second kappa shape index (κ2) is 6.66. The molecule has 0 atom stereocenters. The number of aromatic nitrogens is 3. The molecule has 0 saturated carbocycles.